The first kappa shape index (κ1) is 15.0. The van der Waals surface area contributed by atoms with Gasteiger partial charge < -0.3 is 10.5 Å². The van der Waals surface area contributed by atoms with E-state index in [1.807, 2.05) is 30.3 Å². The lowest BCUT2D eigenvalue weighted by Gasteiger charge is -2.11. The summed E-state index contributed by atoms with van der Waals surface area (Å²) in [5, 5.41) is 0. The molecule has 0 fully saturated rings. The Labute approximate surface area is 133 Å². The molecule has 0 radical (unpaired) electrons. The Balaban J connectivity index is 2.25. The van der Waals surface area contributed by atoms with Crippen molar-refractivity contribution >= 4 is 33.1 Å². The fraction of sp³-hybridized carbons (Fsp3) is 0.188. The highest BCUT2D eigenvalue weighted by Crippen LogP contribution is 2.29. The van der Waals surface area contributed by atoms with Gasteiger partial charge in [0.05, 0.1) is 5.56 Å². The molecule has 0 unspecified atom stereocenters. The van der Waals surface area contributed by atoms with Crippen molar-refractivity contribution in [3.8, 4) is 11.5 Å². The van der Waals surface area contributed by atoms with Crippen LogP contribution in [0, 0.1) is 0 Å². The van der Waals surface area contributed by atoms with Gasteiger partial charge in [-0.15, -0.1) is 0 Å². The molecule has 0 atom stereocenters. The molecule has 0 spiro atoms. The predicted octanol–water partition coefficient (Wildman–Crippen LogP) is 4.83. The molecule has 0 amide bonds. The molecule has 2 rings (SSSR count). The highest BCUT2D eigenvalue weighted by molar-refractivity contribution is 9.10. The van der Waals surface area contributed by atoms with Gasteiger partial charge in [-0.3, -0.25) is 0 Å². The number of benzene rings is 2. The molecular weight excluding hydrogens is 334 g/mol. The first-order valence-electron chi connectivity index (χ1n) is 6.46. The van der Waals surface area contributed by atoms with Crippen LogP contribution in [0.3, 0.4) is 0 Å². The number of halogens is 1. The van der Waals surface area contributed by atoms with E-state index in [4.69, 9.17) is 22.7 Å². The number of hydrogen-bond acceptors (Lipinski definition) is 2. The van der Waals surface area contributed by atoms with Gasteiger partial charge in [-0.05, 0) is 42.3 Å². The molecule has 2 N–H and O–H groups in total. The fourth-order valence-electron chi connectivity index (χ4n) is 1.92. The molecule has 0 heterocycles. The van der Waals surface area contributed by atoms with Crippen LogP contribution >= 0.6 is 28.1 Å². The largest absolute Gasteiger partial charge is 0.457 e. The maximum atomic E-state index is 5.89. The summed E-state index contributed by atoms with van der Waals surface area (Å²) in [6.07, 6.45) is 2.22. The van der Waals surface area contributed by atoms with Crippen molar-refractivity contribution in [2.45, 2.75) is 19.8 Å². The van der Waals surface area contributed by atoms with Gasteiger partial charge in [0.25, 0.3) is 0 Å². The molecule has 0 aliphatic heterocycles. The van der Waals surface area contributed by atoms with Crippen LogP contribution in [-0.4, -0.2) is 4.99 Å². The Kier molecular flexibility index (Phi) is 5.15. The third-order valence-corrected chi connectivity index (χ3v) is 3.61. The molecule has 0 aromatic heterocycles. The standard InChI is InChI=1S/C16H16BrNOS/c1-2-3-11-4-7-13(8-5-11)19-15-10-12(17)6-9-14(15)16(18)20/h4-10H,2-3H2,1H3,(H2,18,20). The highest BCUT2D eigenvalue weighted by atomic mass is 79.9. The van der Waals surface area contributed by atoms with Gasteiger partial charge >= 0.3 is 0 Å². The fourth-order valence-corrected chi connectivity index (χ4v) is 2.43. The van der Waals surface area contributed by atoms with Gasteiger partial charge in [0.15, 0.2) is 0 Å². The number of ether oxygens (including phenoxy) is 1. The smallest absolute Gasteiger partial charge is 0.138 e. The summed E-state index contributed by atoms with van der Waals surface area (Å²) in [6, 6.07) is 13.7. The Bertz CT molecular complexity index is 610. The lowest BCUT2D eigenvalue weighted by Crippen LogP contribution is -2.10. The topological polar surface area (TPSA) is 35.2 Å². The molecule has 2 nitrogen and oxygen atoms in total. The van der Waals surface area contributed by atoms with Crippen LogP contribution in [0.4, 0.5) is 0 Å². The van der Waals surface area contributed by atoms with Crippen molar-refractivity contribution in [3.63, 3.8) is 0 Å². The summed E-state index contributed by atoms with van der Waals surface area (Å²) in [7, 11) is 0. The average molecular weight is 350 g/mol. The van der Waals surface area contributed by atoms with Crippen molar-refractivity contribution in [2.75, 3.05) is 0 Å². The van der Waals surface area contributed by atoms with E-state index in [1.54, 1.807) is 0 Å². The van der Waals surface area contributed by atoms with E-state index >= 15 is 0 Å². The van der Waals surface area contributed by atoms with Crippen LogP contribution in [-0.2, 0) is 6.42 Å². The summed E-state index contributed by atoms with van der Waals surface area (Å²) in [5.74, 6) is 1.44. The van der Waals surface area contributed by atoms with Crippen molar-refractivity contribution in [2.24, 2.45) is 5.73 Å². The molecule has 0 aliphatic carbocycles. The first-order valence-corrected chi connectivity index (χ1v) is 7.66. The second-order valence-corrected chi connectivity index (χ2v) is 5.86. The van der Waals surface area contributed by atoms with Crippen LogP contribution in [0.5, 0.6) is 11.5 Å². The summed E-state index contributed by atoms with van der Waals surface area (Å²) in [5.41, 5.74) is 7.76. The maximum Gasteiger partial charge on any atom is 0.138 e. The minimum absolute atomic E-state index is 0.329. The summed E-state index contributed by atoms with van der Waals surface area (Å²) < 4.78 is 6.81. The van der Waals surface area contributed by atoms with E-state index in [-0.39, 0.29) is 0 Å². The van der Waals surface area contributed by atoms with Crippen molar-refractivity contribution in [1.29, 1.82) is 0 Å². The minimum Gasteiger partial charge on any atom is -0.457 e. The third kappa shape index (κ3) is 3.81. The van der Waals surface area contributed by atoms with Gasteiger partial charge in [0, 0.05) is 4.47 Å². The van der Waals surface area contributed by atoms with Crippen LogP contribution < -0.4 is 10.5 Å². The van der Waals surface area contributed by atoms with Gasteiger partial charge in [-0.1, -0.05) is 53.6 Å². The quantitative estimate of drug-likeness (QED) is 0.785. The van der Waals surface area contributed by atoms with Crippen LogP contribution in [0.25, 0.3) is 0 Å². The van der Waals surface area contributed by atoms with Gasteiger partial charge in [-0.25, -0.2) is 0 Å². The normalized spacial score (nSPS) is 10.3. The molecule has 20 heavy (non-hydrogen) atoms. The van der Waals surface area contributed by atoms with E-state index in [1.165, 1.54) is 5.56 Å². The van der Waals surface area contributed by atoms with E-state index in [9.17, 15) is 0 Å². The SMILES string of the molecule is CCCc1ccc(Oc2cc(Br)ccc2C(N)=S)cc1. The zero-order valence-electron chi connectivity index (χ0n) is 11.2. The lowest BCUT2D eigenvalue weighted by molar-refractivity contribution is 0.481. The van der Waals surface area contributed by atoms with E-state index in [2.05, 4.69) is 35.0 Å². The average Bonchev–Trinajstić information content (AvgIpc) is 2.41. The summed E-state index contributed by atoms with van der Waals surface area (Å²) >= 11 is 8.47. The third-order valence-electron chi connectivity index (χ3n) is 2.90. The van der Waals surface area contributed by atoms with Gasteiger partial charge in [0.1, 0.15) is 16.5 Å². The molecule has 0 aliphatic rings. The predicted molar refractivity (Wildman–Crippen MR) is 90.5 cm³/mol. The zero-order valence-corrected chi connectivity index (χ0v) is 13.6. The summed E-state index contributed by atoms with van der Waals surface area (Å²) in [4.78, 5) is 0.329. The van der Waals surface area contributed by atoms with E-state index < -0.39 is 0 Å². The number of rotatable bonds is 5. The second kappa shape index (κ2) is 6.86. The molecule has 4 heteroatoms. The van der Waals surface area contributed by atoms with Crippen LogP contribution in [0.15, 0.2) is 46.9 Å². The van der Waals surface area contributed by atoms with Crippen molar-refractivity contribution in [3.05, 3.63) is 58.1 Å². The lowest BCUT2D eigenvalue weighted by atomic mass is 10.1. The van der Waals surface area contributed by atoms with Crippen LogP contribution in [0.1, 0.15) is 24.5 Å². The Hall–Kier alpha value is -1.39. The highest BCUT2D eigenvalue weighted by Gasteiger charge is 2.08. The molecule has 0 bridgehead atoms. The van der Waals surface area contributed by atoms with Gasteiger partial charge in [0.2, 0.25) is 0 Å². The maximum absolute atomic E-state index is 5.89. The number of aryl methyl sites for hydroxylation is 1. The van der Waals surface area contributed by atoms with Gasteiger partial charge in [-0.2, -0.15) is 0 Å². The molecule has 2 aromatic rings. The number of thiocarbonyl (C=S) groups is 1. The van der Waals surface area contributed by atoms with Crippen LogP contribution in [0.2, 0.25) is 0 Å². The number of nitrogens with two attached hydrogens (primary N) is 1. The monoisotopic (exact) mass is 349 g/mol. The van der Waals surface area contributed by atoms with E-state index in [0.717, 1.165) is 28.6 Å². The minimum atomic E-state index is 0.329. The summed E-state index contributed by atoms with van der Waals surface area (Å²) in [6.45, 7) is 2.17. The Morgan fingerprint density at radius 3 is 2.50 bits per heavy atom. The van der Waals surface area contributed by atoms with Crippen molar-refractivity contribution < 1.29 is 4.74 Å². The van der Waals surface area contributed by atoms with Crippen molar-refractivity contribution in [1.82, 2.24) is 0 Å². The molecular formula is C16H16BrNOS. The Morgan fingerprint density at radius 2 is 1.90 bits per heavy atom. The second-order valence-electron chi connectivity index (χ2n) is 4.50. The molecule has 104 valence electrons. The number of hydrogen-bond donors (Lipinski definition) is 1. The molecule has 0 saturated carbocycles. The zero-order chi connectivity index (χ0) is 14.5. The Morgan fingerprint density at radius 1 is 1.20 bits per heavy atom. The molecule has 0 saturated heterocycles. The van der Waals surface area contributed by atoms with E-state index in [0.29, 0.717) is 10.7 Å². The first-order chi connectivity index (χ1) is 9.60. The molecule has 2 aromatic carbocycles.